The van der Waals surface area contributed by atoms with E-state index >= 15 is 0 Å². The highest BCUT2D eigenvalue weighted by Crippen LogP contribution is 2.40. The highest BCUT2D eigenvalue weighted by Gasteiger charge is 2.58. The van der Waals surface area contributed by atoms with Gasteiger partial charge in [-0.2, -0.15) is 13.2 Å². The SMILES string of the molecule is COC1(C(F)(F)F)CCN(CC(=O)Nc2cccc(C)c2C)C1. The van der Waals surface area contributed by atoms with Gasteiger partial charge in [0.25, 0.3) is 0 Å². The number of methoxy groups -OCH3 is 1. The molecule has 23 heavy (non-hydrogen) atoms. The molecule has 0 saturated carbocycles. The lowest BCUT2D eigenvalue weighted by molar-refractivity contribution is -0.263. The van der Waals surface area contributed by atoms with E-state index in [9.17, 15) is 18.0 Å². The Bertz CT molecular complexity index is 589. The van der Waals surface area contributed by atoms with Gasteiger partial charge in [0.15, 0.2) is 5.60 Å². The fraction of sp³-hybridized carbons (Fsp3) is 0.562. The Morgan fingerprint density at radius 2 is 2.09 bits per heavy atom. The zero-order chi connectivity index (χ0) is 17.3. The van der Waals surface area contributed by atoms with Crippen molar-refractivity contribution in [1.29, 1.82) is 0 Å². The summed E-state index contributed by atoms with van der Waals surface area (Å²) in [6.45, 7) is 3.58. The van der Waals surface area contributed by atoms with Crippen LogP contribution in [0.5, 0.6) is 0 Å². The average Bonchev–Trinajstić information content (AvgIpc) is 2.88. The van der Waals surface area contributed by atoms with Crippen molar-refractivity contribution < 1.29 is 22.7 Å². The molecule has 0 radical (unpaired) electrons. The standard InChI is InChI=1S/C16H21F3N2O2/c1-11-5-4-6-13(12(11)2)20-14(22)9-21-8-7-15(10-21,23-3)16(17,18)19/h4-6H,7-10H2,1-3H3,(H,20,22). The zero-order valence-corrected chi connectivity index (χ0v) is 13.5. The molecule has 2 rings (SSSR count). The maximum Gasteiger partial charge on any atom is 0.418 e. The average molecular weight is 330 g/mol. The number of carbonyl (C=O) groups is 1. The second kappa shape index (κ2) is 6.49. The molecule has 1 fully saturated rings. The number of alkyl halides is 3. The van der Waals surface area contributed by atoms with Crippen molar-refractivity contribution in [2.45, 2.75) is 32.0 Å². The van der Waals surface area contributed by atoms with Gasteiger partial charge in [-0.05, 0) is 37.5 Å². The molecule has 0 bridgehead atoms. The number of benzene rings is 1. The van der Waals surface area contributed by atoms with Gasteiger partial charge in [0.05, 0.1) is 6.54 Å². The Labute approximate surface area is 133 Å². The second-order valence-electron chi connectivity index (χ2n) is 5.95. The van der Waals surface area contributed by atoms with Gasteiger partial charge in [0, 0.05) is 25.9 Å². The third-order valence-corrected chi connectivity index (χ3v) is 4.46. The number of hydrogen-bond acceptors (Lipinski definition) is 3. The first kappa shape index (κ1) is 17.7. The third kappa shape index (κ3) is 3.67. The number of amides is 1. The first-order valence-corrected chi connectivity index (χ1v) is 7.39. The molecule has 1 heterocycles. The van der Waals surface area contributed by atoms with Gasteiger partial charge in [0.2, 0.25) is 5.91 Å². The second-order valence-corrected chi connectivity index (χ2v) is 5.95. The normalized spacial score (nSPS) is 22.3. The number of halogens is 3. The fourth-order valence-electron chi connectivity index (χ4n) is 2.79. The Balaban J connectivity index is 1.98. The molecular weight excluding hydrogens is 309 g/mol. The lowest BCUT2D eigenvalue weighted by atomic mass is 10.0. The first-order chi connectivity index (χ1) is 10.7. The summed E-state index contributed by atoms with van der Waals surface area (Å²) in [5.74, 6) is -0.326. The van der Waals surface area contributed by atoms with E-state index in [0.717, 1.165) is 18.2 Å². The number of likely N-dealkylation sites (tertiary alicyclic amines) is 1. The van der Waals surface area contributed by atoms with Crippen LogP contribution in [0.15, 0.2) is 18.2 Å². The monoisotopic (exact) mass is 330 g/mol. The Morgan fingerprint density at radius 1 is 1.39 bits per heavy atom. The van der Waals surface area contributed by atoms with E-state index in [0.29, 0.717) is 5.69 Å². The molecule has 1 aliphatic rings. The number of nitrogens with one attached hydrogen (secondary N) is 1. The molecule has 1 aliphatic heterocycles. The van der Waals surface area contributed by atoms with Crippen molar-refractivity contribution in [3.8, 4) is 0 Å². The summed E-state index contributed by atoms with van der Waals surface area (Å²) < 4.78 is 44.1. The van der Waals surface area contributed by atoms with Gasteiger partial charge in [0.1, 0.15) is 0 Å². The summed E-state index contributed by atoms with van der Waals surface area (Å²) in [5, 5.41) is 2.76. The third-order valence-electron chi connectivity index (χ3n) is 4.46. The van der Waals surface area contributed by atoms with E-state index in [2.05, 4.69) is 5.32 Å². The van der Waals surface area contributed by atoms with Crippen LogP contribution >= 0.6 is 0 Å². The van der Waals surface area contributed by atoms with E-state index < -0.39 is 11.8 Å². The largest absolute Gasteiger partial charge is 0.418 e. The summed E-state index contributed by atoms with van der Waals surface area (Å²) in [4.78, 5) is 13.6. The fourth-order valence-corrected chi connectivity index (χ4v) is 2.79. The van der Waals surface area contributed by atoms with Crippen molar-refractivity contribution >= 4 is 11.6 Å². The van der Waals surface area contributed by atoms with Crippen LogP contribution in [0.25, 0.3) is 0 Å². The summed E-state index contributed by atoms with van der Waals surface area (Å²) in [6.07, 6.45) is -4.61. The van der Waals surface area contributed by atoms with E-state index in [1.165, 1.54) is 4.90 Å². The molecule has 0 aromatic heterocycles. The molecule has 0 aliphatic carbocycles. The summed E-state index contributed by atoms with van der Waals surface area (Å²) >= 11 is 0. The summed E-state index contributed by atoms with van der Waals surface area (Å²) in [5.41, 5.74) is 0.498. The Hall–Kier alpha value is -1.60. The van der Waals surface area contributed by atoms with Gasteiger partial charge in [-0.15, -0.1) is 0 Å². The molecule has 1 aromatic rings. The van der Waals surface area contributed by atoms with Crippen molar-refractivity contribution in [3.05, 3.63) is 29.3 Å². The predicted octanol–water partition coefficient (Wildman–Crippen LogP) is 2.90. The topological polar surface area (TPSA) is 41.6 Å². The first-order valence-electron chi connectivity index (χ1n) is 7.39. The van der Waals surface area contributed by atoms with E-state index in [1.54, 1.807) is 6.07 Å². The van der Waals surface area contributed by atoms with Crippen LogP contribution in [0, 0.1) is 13.8 Å². The van der Waals surface area contributed by atoms with E-state index in [-0.39, 0.29) is 32.0 Å². The maximum atomic E-state index is 13.1. The maximum absolute atomic E-state index is 13.1. The molecular formula is C16H21F3N2O2. The summed E-state index contributed by atoms with van der Waals surface area (Å²) in [6, 6.07) is 5.54. The van der Waals surface area contributed by atoms with Crippen molar-refractivity contribution in [2.24, 2.45) is 0 Å². The molecule has 0 spiro atoms. The molecule has 1 amide bonds. The van der Waals surface area contributed by atoms with Gasteiger partial charge < -0.3 is 10.1 Å². The van der Waals surface area contributed by atoms with Crippen LogP contribution in [0.2, 0.25) is 0 Å². The minimum atomic E-state index is -4.44. The van der Waals surface area contributed by atoms with E-state index in [4.69, 9.17) is 4.74 Å². The van der Waals surface area contributed by atoms with Crippen LogP contribution < -0.4 is 5.32 Å². The number of anilines is 1. The van der Waals surface area contributed by atoms with Crippen LogP contribution in [0.4, 0.5) is 18.9 Å². The molecule has 128 valence electrons. The molecule has 1 atom stereocenters. The molecule has 1 unspecified atom stereocenters. The van der Waals surface area contributed by atoms with Crippen LogP contribution in [-0.4, -0.2) is 49.3 Å². The highest BCUT2D eigenvalue weighted by atomic mass is 19.4. The molecule has 4 nitrogen and oxygen atoms in total. The van der Waals surface area contributed by atoms with Crippen molar-refractivity contribution in [1.82, 2.24) is 4.90 Å². The molecule has 1 aromatic carbocycles. The Morgan fingerprint density at radius 3 is 2.65 bits per heavy atom. The number of rotatable bonds is 4. The molecule has 1 N–H and O–H groups in total. The van der Waals surface area contributed by atoms with Crippen LogP contribution in [-0.2, 0) is 9.53 Å². The molecule has 1 saturated heterocycles. The van der Waals surface area contributed by atoms with Crippen LogP contribution in [0.3, 0.4) is 0 Å². The van der Waals surface area contributed by atoms with Gasteiger partial charge >= 0.3 is 6.18 Å². The number of ether oxygens (including phenoxy) is 1. The number of aryl methyl sites for hydroxylation is 1. The van der Waals surface area contributed by atoms with E-state index in [1.807, 2.05) is 26.0 Å². The smallest absolute Gasteiger partial charge is 0.367 e. The quantitative estimate of drug-likeness (QED) is 0.923. The predicted molar refractivity (Wildman–Crippen MR) is 81.4 cm³/mol. The van der Waals surface area contributed by atoms with Crippen molar-refractivity contribution in [3.63, 3.8) is 0 Å². The summed E-state index contributed by atoms with van der Waals surface area (Å²) in [7, 11) is 1.06. The number of hydrogen-bond donors (Lipinski definition) is 1. The van der Waals surface area contributed by atoms with Crippen molar-refractivity contribution in [2.75, 3.05) is 32.1 Å². The lowest BCUT2D eigenvalue weighted by Gasteiger charge is -2.30. The minimum absolute atomic E-state index is 0.0887. The Kier molecular flexibility index (Phi) is 5.01. The number of carbonyl (C=O) groups excluding carboxylic acids is 1. The van der Waals surface area contributed by atoms with Gasteiger partial charge in [-0.3, -0.25) is 9.69 Å². The van der Waals surface area contributed by atoms with Crippen LogP contribution in [0.1, 0.15) is 17.5 Å². The van der Waals surface area contributed by atoms with Gasteiger partial charge in [-0.1, -0.05) is 12.1 Å². The van der Waals surface area contributed by atoms with Gasteiger partial charge in [-0.25, -0.2) is 0 Å². The highest BCUT2D eigenvalue weighted by molar-refractivity contribution is 5.93. The zero-order valence-electron chi connectivity index (χ0n) is 13.5. The lowest BCUT2D eigenvalue weighted by Crippen LogP contribution is -2.49. The number of nitrogens with zero attached hydrogens (tertiary/aromatic N) is 1. The molecule has 7 heteroatoms. The minimum Gasteiger partial charge on any atom is -0.367 e.